The van der Waals surface area contributed by atoms with Crippen LogP contribution in [0.2, 0.25) is 0 Å². The molecule has 1 atom stereocenters. The molecule has 1 aliphatic heterocycles. The van der Waals surface area contributed by atoms with Gasteiger partial charge in [-0.05, 0) is 42.0 Å². The molecule has 0 spiro atoms. The van der Waals surface area contributed by atoms with Crippen molar-refractivity contribution in [2.75, 3.05) is 18.5 Å². The van der Waals surface area contributed by atoms with Gasteiger partial charge in [-0.3, -0.25) is 4.79 Å². The van der Waals surface area contributed by atoms with Crippen LogP contribution in [0.4, 0.5) is 5.69 Å². The highest BCUT2D eigenvalue weighted by molar-refractivity contribution is 6.01. The minimum absolute atomic E-state index is 0.0862. The first-order valence-corrected chi connectivity index (χ1v) is 8.87. The molecule has 0 aliphatic carbocycles. The van der Waals surface area contributed by atoms with Crippen LogP contribution in [0.15, 0.2) is 78.9 Å². The SMILES string of the molecule is O=C1NC(c2cccc(OCCOc3ccccc3)c2)Nc2ccccc21. The summed E-state index contributed by atoms with van der Waals surface area (Å²) in [7, 11) is 0. The number of fused-ring (bicyclic) bond motifs is 1. The Kier molecular flexibility index (Phi) is 4.92. The molecule has 0 fully saturated rings. The zero-order valence-corrected chi connectivity index (χ0v) is 14.7. The molecule has 2 N–H and O–H groups in total. The molecule has 1 heterocycles. The van der Waals surface area contributed by atoms with Gasteiger partial charge in [0.1, 0.15) is 30.9 Å². The van der Waals surface area contributed by atoms with Crippen LogP contribution in [0.25, 0.3) is 0 Å². The Morgan fingerprint density at radius 1 is 0.741 bits per heavy atom. The zero-order valence-electron chi connectivity index (χ0n) is 14.7. The number of hydrogen-bond donors (Lipinski definition) is 2. The minimum atomic E-state index is -0.295. The van der Waals surface area contributed by atoms with Gasteiger partial charge in [0, 0.05) is 5.69 Å². The Morgan fingerprint density at radius 3 is 2.30 bits per heavy atom. The Labute approximate surface area is 157 Å². The number of benzene rings is 3. The molecule has 136 valence electrons. The Hall–Kier alpha value is -3.47. The highest BCUT2D eigenvalue weighted by Crippen LogP contribution is 2.27. The fourth-order valence-electron chi connectivity index (χ4n) is 2.99. The maximum Gasteiger partial charge on any atom is 0.255 e. The topological polar surface area (TPSA) is 59.6 Å². The van der Waals surface area contributed by atoms with Crippen molar-refractivity contribution in [1.82, 2.24) is 5.32 Å². The molecular formula is C22H20N2O3. The highest BCUT2D eigenvalue weighted by Gasteiger charge is 2.24. The fourth-order valence-corrected chi connectivity index (χ4v) is 2.99. The molecule has 1 aliphatic rings. The van der Waals surface area contributed by atoms with E-state index in [1.54, 1.807) is 6.07 Å². The number of carbonyl (C=O) groups is 1. The molecule has 3 aromatic rings. The molecule has 5 nitrogen and oxygen atoms in total. The van der Waals surface area contributed by atoms with E-state index in [0.717, 1.165) is 22.7 Å². The average molecular weight is 360 g/mol. The predicted molar refractivity (Wildman–Crippen MR) is 104 cm³/mol. The number of anilines is 1. The summed E-state index contributed by atoms with van der Waals surface area (Å²) in [6, 6.07) is 24.8. The molecule has 3 aromatic carbocycles. The van der Waals surface area contributed by atoms with Crippen molar-refractivity contribution in [3.63, 3.8) is 0 Å². The van der Waals surface area contributed by atoms with E-state index in [2.05, 4.69) is 10.6 Å². The summed E-state index contributed by atoms with van der Waals surface area (Å²) in [6.07, 6.45) is -0.295. The van der Waals surface area contributed by atoms with E-state index in [9.17, 15) is 4.79 Å². The number of rotatable bonds is 6. The number of hydrogen-bond acceptors (Lipinski definition) is 4. The van der Waals surface area contributed by atoms with Crippen LogP contribution in [-0.4, -0.2) is 19.1 Å². The Morgan fingerprint density at radius 2 is 1.44 bits per heavy atom. The molecule has 4 rings (SSSR count). The van der Waals surface area contributed by atoms with Crippen molar-refractivity contribution in [2.24, 2.45) is 0 Å². The molecule has 0 saturated carbocycles. The molecule has 1 unspecified atom stereocenters. The number of para-hydroxylation sites is 2. The second-order valence-corrected chi connectivity index (χ2v) is 6.18. The number of amides is 1. The molecule has 0 radical (unpaired) electrons. The summed E-state index contributed by atoms with van der Waals surface area (Å²) in [5.41, 5.74) is 2.41. The lowest BCUT2D eigenvalue weighted by molar-refractivity contribution is 0.0935. The largest absolute Gasteiger partial charge is 0.490 e. The monoisotopic (exact) mass is 360 g/mol. The van der Waals surface area contributed by atoms with E-state index in [0.29, 0.717) is 18.8 Å². The van der Waals surface area contributed by atoms with Gasteiger partial charge in [-0.25, -0.2) is 0 Å². The Bertz CT molecular complexity index is 928. The summed E-state index contributed by atoms with van der Waals surface area (Å²) in [5.74, 6) is 1.47. The number of carbonyl (C=O) groups excluding carboxylic acids is 1. The summed E-state index contributed by atoms with van der Waals surface area (Å²) < 4.78 is 11.4. The summed E-state index contributed by atoms with van der Waals surface area (Å²) >= 11 is 0. The van der Waals surface area contributed by atoms with Crippen molar-refractivity contribution in [3.05, 3.63) is 90.0 Å². The lowest BCUT2D eigenvalue weighted by Gasteiger charge is -2.28. The van der Waals surface area contributed by atoms with Crippen LogP contribution in [0, 0.1) is 0 Å². The molecule has 1 amide bonds. The van der Waals surface area contributed by atoms with Crippen LogP contribution in [0.5, 0.6) is 11.5 Å². The van der Waals surface area contributed by atoms with Gasteiger partial charge in [0.05, 0.1) is 5.56 Å². The summed E-state index contributed by atoms with van der Waals surface area (Å²) in [4.78, 5) is 12.3. The number of ether oxygens (including phenoxy) is 2. The van der Waals surface area contributed by atoms with Gasteiger partial charge in [0.25, 0.3) is 5.91 Å². The van der Waals surface area contributed by atoms with Crippen molar-refractivity contribution >= 4 is 11.6 Å². The molecule has 27 heavy (non-hydrogen) atoms. The lowest BCUT2D eigenvalue weighted by Crippen LogP contribution is -2.38. The minimum Gasteiger partial charge on any atom is -0.490 e. The second kappa shape index (κ2) is 7.83. The standard InChI is InChI=1S/C22H20N2O3/c25-22-19-11-4-5-12-20(19)23-21(24-22)16-7-6-10-18(15-16)27-14-13-26-17-8-2-1-3-9-17/h1-12,15,21,23H,13-14H2,(H,24,25). The molecule has 0 bridgehead atoms. The van der Waals surface area contributed by atoms with Crippen LogP contribution in [0.3, 0.4) is 0 Å². The van der Waals surface area contributed by atoms with Crippen molar-refractivity contribution in [3.8, 4) is 11.5 Å². The maximum atomic E-state index is 12.3. The van der Waals surface area contributed by atoms with Crippen molar-refractivity contribution in [1.29, 1.82) is 0 Å². The lowest BCUT2D eigenvalue weighted by atomic mass is 10.1. The van der Waals surface area contributed by atoms with E-state index in [-0.39, 0.29) is 12.1 Å². The quantitative estimate of drug-likeness (QED) is 0.653. The van der Waals surface area contributed by atoms with Crippen LogP contribution < -0.4 is 20.1 Å². The number of nitrogens with one attached hydrogen (secondary N) is 2. The second-order valence-electron chi connectivity index (χ2n) is 6.18. The third kappa shape index (κ3) is 4.03. The predicted octanol–water partition coefficient (Wildman–Crippen LogP) is 4.00. The van der Waals surface area contributed by atoms with E-state index < -0.39 is 0 Å². The molecule has 0 saturated heterocycles. The van der Waals surface area contributed by atoms with Gasteiger partial charge >= 0.3 is 0 Å². The smallest absolute Gasteiger partial charge is 0.255 e. The van der Waals surface area contributed by atoms with Crippen LogP contribution in [-0.2, 0) is 0 Å². The zero-order chi connectivity index (χ0) is 18.5. The maximum absolute atomic E-state index is 12.3. The van der Waals surface area contributed by atoms with Crippen LogP contribution >= 0.6 is 0 Å². The van der Waals surface area contributed by atoms with Gasteiger partial charge in [-0.2, -0.15) is 0 Å². The van der Waals surface area contributed by atoms with E-state index in [1.807, 2.05) is 72.8 Å². The van der Waals surface area contributed by atoms with Crippen LogP contribution in [0.1, 0.15) is 22.1 Å². The third-order valence-electron chi connectivity index (χ3n) is 4.30. The molecule has 0 aromatic heterocycles. The van der Waals surface area contributed by atoms with Gasteiger partial charge in [-0.15, -0.1) is 0 Å². The third-order valence-corrected chi connectivity index (χ3v) is 4.30. The van der Waals surface area contributed by atoms with Gasteiger partial charge in [-0.1, -0.05) is 42.5 Å². The average Bonchev–Trinajstić information content (AvgIpc) is 2.72. The first-order chi connectivity index (χ1) is 13.3. The molecule has 5 heteroatoms. The molecular weight excluding hydrogens is 340 g/mol. The van der Waals surface area contributed by atoms with E-state index in [4.69, 9.17) is 9.47 Å². The van der Waals surface area contributed by atoms with Gasteiger partial charge in [0.2, 0.25) is 0 Å². The first kappa shape index (κ1) is 17.0. The fraction of sp³-hybridized carbons (Fsp3) is 0.136. The highest BCUT2D eigenvalue weighted by atomic mass is 16.5. The van der Waals surface area contributed by atoms with Gasteiger partial charge < -0.3 is 20.1 Å². The Balaban J connectivity index is 1.37. The summed E-state index contributed by atoms with van der Waals surface area (Å²) in [5, 5.41) is 6.32. The first-order valence-electron chi connectivity index (χ1n) is 8.87. The normalized spacial score (nSPS) is 15.3. The van der Waals surface area contributed by atoms with E-state index >= 15 is 0 Å². The van der Waals surface area contributed by atoms with E-state index in [1.165, 1.54) is 0 Å². The summed E-state index contributed by atoms with van der Waals surface area (Å²) in [6.45, 7) is 0.895. The van der Waals surface area contributed by atoms with Crippen molar-refractivity contribution in [2.45, 2.75) is 6.17 Å². The van der Waals surface area contributed by atoms with Gasteiger partial charge in [0.15, 0.2) is 0 Å². The van der Waals surface area contributed by atoms with Crippen molar-refractivity contribution < 1.29 is 14.3 Å².